The van der Waals surface area contributed by atoms with E-state index in [9.17, 15) is 9.18 Å². The predicted molar refractivity (Wildman–Crippen MR) is 120 cm³/mol. The van der Waals surface area contributed by atoms with Gasteiger partial charge in [-0.3, -0.25) is 9.79 Å². The number of aryl methyl sites for hydroxylation is 1. The molecule has 148 valence electrons. The van der Waals surface area contributed by atoms with Crippen molar-refractivity contribution in [1.29, 1.82) is 0 Å². The lowest BCUT2D eigenvalue weighted by Gasteiger charge is -2.12. The van der Waals surface area contributed by atoms with E-state index < -0.39 is 0 Å². The summed E-state index contributed by atoms with van der Waals surface area (Å²) < 4.78 is 13.1. The summed E-state index contributed by atoms with van der Waals surface area (Å²) >= 11 is 1.79. The zero-order valence-corrected chi connectivity index (χ0v) is 18.7. The standard InChI is InChI=1S/C19H25FN4OS.HI/c1-3-16-7-8-17(26-16)13-24-19(21-2)23-10-9-22-18(25)12-14-5-4-6-15(20)11-14;/h4-8,11H,3,9-10,12-13H2,1-2H3,(H,22,25)(H2,21,23,24);1H. The van der Waals surface area contributed by atoms with Gasteiger partial charge < -0.3 is 16.0 Å². The summed E-state index contributed by atoms with van der Waals surface area (Å²) in [5.74, 6) is 0.227. The molecule has 0 unspecified atom stereocenters. The minimum Gasteiger partial charge on any atom is -0.355 e. The van der Waals surface area contributed by atoms with Crippen molar-refractivity contribution >= 4 is 47.2 Å². The highest BCUT2D eigenvalue weighted by atomic mass is 127. The van der Waals surface area contributed by atoms with Crippen molar-refractivity contribution in [2.75, 3.05) is 20.1 Å². The number of halogens is 2. The van der Waals surface area contributed by atoms with Crippen LogP contribution in [0.3, 0.4) is 0 Å². The van der Waals surface area contributed by atoms with Crippen molar-refractivity contribution in [2.24, 2.45) is 4.99 Å². The third kappa shape index (κ3) is 8.70. The van der Waals surface area contributed by atoms with E-state index in [4.69, 9.17) is 0 Å². The number of thiophene rings is 1. The molecule has 5 nitrogen and oxygen atoms in total. The lowest BCUT2D eigenvalue weighted by molar-refractivity contribution is -0.120. The molecular weight excluding hydrogens is 478 g/mol. The first-order valence-electron chi connectivity index (χ1n) is 8.64. The molecule has 1 amide bonds. The van der Waals surface area contributed by atoms with Gasteiger partial charge in [0, 0.05) is 29.9 Å². The second kappa shape index (κ2) is 12.7. The molecule has 0 aliphatic heterocycles. The second-order valence-corrected chi connectivity index (χ2v) is 6.98. The number of benzene rings is 1. The van der Waals surface area contributed by atoms with Crippen LogP contribution in [-0.2, 0) is 24.2 Å². The first-order chi connectivity index (χ1) is 12.6. The summed E-state index contributed by atoms with van der Waals surface area (Å²) in [6, 6.07) is 10.3. The van der Waals surface area contributed by atoms with E-state index in [0.717, 1.165) is 13.0 Å². The SMILES string of the molecule is CCc1ccc(CNC(=NC)NCCNC(=O)Cc2cccc(F)c2)s1.I. The van der Waals surface area contributed by atoms with Crippen molar-refractivity contribution in [3.8, 4) is 0 Å². The quantitative estimate of drug-likeness (QED) is 0.224. The number of amides is 1. The van der Waals surface area contributed by atoms with Crippen LogP contribution in [0.1, 0.15) is 22.2 Å². The average molecular weight is 504 g/mol. The van der Waals surface area contributed by atoms with Crippen LogP contribution in [0.5, 0.6) is 0 Å². The molecule has 8 heteroatoms. The van der Waals surface area contributed by atoms with Crippen LogP contribution in [0, 0.1) is 5.82 Å². The van der Waals surface area contributed by atoms with Crippen molar-refractivity contribution in [3.63, 3.8) is 0 Å². The van der Waals surface area contributed by atoms with E-state index in [1.807, 2.05) is 0 Å². The Hall–Kier alpha value is -1.68. The van der Waals surface area contributed by atoms with Crippen LogP contribution in [0.2, 0.25) is 0 Å². The molecule has 2 rings (SSSR count). The van der Waals surface area contributed by atoms with Crippen LogP contribution in [0.25, 0.3) is 0 Å². The van der Waals surface area contributed by atoms with Crippen molar-refractivity contribution < 1.29 is 9.18 Å². The molecule has 2 aromatic rings. The van der Waals surface area contributed by atoms with Gasteiger partial charge in [-0.1, -0.05) is 19.1 Å². The zero-order valence-electron chi connectivity index (χ0n) is 15.5. The molecule has 0 radical (unpaired) electrons. The van der Waals surface area contributed by atoms with Crippen LogP contribution in [-0.4, -0.2) is 32.0 Å². The van der Waals surface area contributed by atoms with Crippen molar-refractivity contribution in [1.82, 2.24) is 16.0 Å². The first-order valence-corrected chi connectivity index (χ1v) is 9.45. The van der Waals surface area contributed by atoms with E-state index in [-0.39, 0.29) is 42.1 Å². The molecule has 0 bridgehead atoms. The van der Waals surface area contributed by atoms with Gasteiger partial charge in [0.15, 0.2) is 5.96 Å². The summed E-state index contributed by atoms with van der Waals surface area (Å²) in [4.78, 5) is 18.7. The number of nitrogens with one attached hydrogen (secondary N) is 3. The Labute approximate surface area is 180 Å². The third-order valence-electron chi connectivity index (χ3n) is 3.71. The Kier molecular flexibility index (Phi) is 11.0. The van der Waals surface area contributed by atoms with Crippen LogP contribution in [0.15, 0.2) is 41.4 Å². The molecule has 0 spiro atoms. The summed E-state index contributed by atoms with van der Waals surface area (Å²) in [6.07, 6.45) is 1.22. The smallest absolute Gasteiger partial charge is 0.224 e. The molecule has 1 aromatic carbocycles. The third-order valence-corrected chi connectivity index (χ3v) is 4.94. The molecule has 0 aliphatic rings. The maximum absolute atomic E-state index is 13.1. The van der Waals surface area contributed by atoms with Crippen LogP contribution < -0.4 is 16.0 Å². The molecule has 3 N–H and O–H groups in total. The first kappa shape index (κ1) is 23.4. The topological polar surface area (TPSA) is 65.5 Å². The predicted octanol–water partition coefficient (Wildman–Crippen LogP) is 3.09. The Morgan fingerprint density at radius 3 is 2.52 bits per heavy atom. The molecule has 0 atom stereocenters. The van der Waals surface area contributed by atoms with Gasteiger partial charge in [-0.15, -0.1) is 35.3 Å². The molecule has 0 saturated heterocycles. The second-order valence-electron chi connectivity index (χ2n) is 5.73. The fraction of sp³-hybridized carbons (Fsp3) is 0.368. The molecule has 0 fully saturated rings. The number of carbonyl (C=O) groups is 1. The minimum absolute atomic E-state index is 0. The molecule has 27 heavy (non-hydrogen) atoms. The fourth-order valence-corrected chi connectivity index (χ4v) is 3.27. The lowest BCUT2D eigenvalue weighted by Crippen LogP contribution is -2.41. The van der Waals surface area contributed by atoms with Crippen LogP contribution in [0.4, 0.5) is 4.39 Å². The van der Waals surface area contributed by atoms with Gasteiger partial charge in [-0.05, 0) is 36.2 Å². The van der Waals surface area contributed by atoms with E-state index >= 15 is 0 Å². The van der Waals surface area contributed by atoms with E-state index in [0.29, 0.717) is 24.6 Å². The number of hydrogen-bond acceptors (Lipinski definition) is 3. The summed E-state index contributed by atoms with van der Waals surface area (Å²) in [7, 11) is 1.71. The lowest BCUT2D eigenvalue weighted by atomic mass is 10.1. The number of guanidine groups is 1. The number of hydrogen-bond donors (Lipinski definition) is 3. The van der Waals surface area contributed by atoms with Crippen molar-refractivity contribution in [2.45, 2.75) is 26.3 Å². The van der Waals surface area contributed by atoms with Crippen molar-refractivity contribution in [3.05, 3.63) is 57.5 Å². The Morgan fingerprint density at radius 2 is 1.85 bits per heavy atom. The molecular formula is C19H26FIN4OS. The maximum Gasteiger partial charge on any atom is 0.224 e. The van der Waals surface area contributed by atoms with Gasteiger partial charge in [-0.2, -0.15) is 0 Å². The zero-order chi connectivity index (χ0) is 18.8. The normalized spacial score (nSPS) is 10.9. The largest absolute Gasteiger partial charge is 0.355 e. The van der Waals surface area contributed by atoms with Gasteiger partial charge in [0.1, 0.15) is 5.82 Å². The molecule has 0 aliphatic carbocycles. The summed E-state index contributed by atoms with van der Waals surface area (Å²) in [6.45, 7) is 3.88. The Bertz CT molecular complexity index is 751. The van der Waals surface area contributed by atoms with E-state index in [2.05, 4.69) is 40.0 Å². The monoisotopic (exact) mass is 504 g/mol. The Balaban J connectivity index is 0.00000364. The Morgan fingerprint density at radius 1 is 1.11 bits per heavy atom. The maximum atomic E-state index is 13.1. The molecule has 0 saturated carbocycles. The fourth-order valence-electron chi connectivity index (χ4n) is 2.38. The van der Waals surface area contributed by atoms with Gasteiger partial charge in [0.25, 0.3) is 0 Å². The van der Waals surface area contributed by atoms with Crippen LogP contribution >= 0.6 is 35.3 Å². The summed E-state index contributed by atoms with van der Waals surface area (Å²) in [5, 5.41) is 9.22. The number of carbonyl (C=O) groups excluding carboxylic acids is 1. The highest BCUT2D eigenvalue weighted by Gasteiger charge is 2.04. The van der Waals surface area contributed by atoms with E-state index in [1.165, 1.54) is 21.9 Å². The van der Waals surface area contributed by atoms with E-state index in [1.54, 1.807) is 30.5 Å². The average Bonchev–Trinajstić information content (AvgIpc) is 3.09. The number of nitrogens with zero attached hydrogens (tertiary/aromatic N) is 1. The summed E-state index contributed by atoms with van der Waals surface area (Å²) in [5.41, 5.74) is 0.662. The van der Waals surface area contributed by atoms with Gasteiger partial charge in [0.05, 0.1) is 13.0 Å². The highest BCUT2D eigenvalue weighted by molar-refractivity contribution is 14.0. The minimum atomic E-state index is -0.330. The molecule has 1 heterocycles. The number of aliphatic imine (C=N–C) groups is 1. The highest BCUT2D eigenvalue weighted by Crippen LogP contribution is 2.16. The van der Waals surface area contributed by atoms with Gasteiger partial charge in [-0.25, -0.2) is 4.39 Å². The van der Waals surface area contributed by atoms with Gasteiger partial charge in [0.2, 0.25) is 5.91 Å². The number of rotatable bonds is 8. The van der Waals surface area contributed by atoms with Gasteiger partial charge >= 0.3 is 0 Å². The molecule has 1 aromatic heterocycles.